The molecule has 2 heterocycles. The fourth-order valence-electron chi connectivity index (χ4n) is 3.11. The fourth-order valence-corrected chi connectivity index (χ4v) is 3.11. The summed E-state index contributed by atoms with van der Waals surface area (Å²) < 4.78 is 10.6. The lowest BCUT2D eigenvalue weighted by Gasteiger charge is -2.34. The number of hydrogen-bond donors (Lipinski definition) is 1. The third-order valence-corrected chi connectivity index (χ3v) is 4.56. The number of aromatic amines is 1. The lowest BCUT2D eigenvalue weighted by molar-refractivity contribution is 0.0626. The number of nitrogens with zero attached hydrogens (tertiary/aromatic N) is 2. The maximum Gasteiger partial charge on any atom is 0.260 e. The lowest BCUT2D eigenvalue weighted by atomic mass is 10.1. The van der Waals surface area contributed by atoms with Gasteiger partial charge in [-0.15, -0.1) is 0 Å². The molecule has 1 aliphatic rings. The van der Waals surface area contributed by atoms with Gasteiger partial charge in [0.25, 0.3) is 11.5 Å². The van der Waals surface area contributed by atoms with Crippen LogP contribution < -0.4 is 15.0 Å². The molecule has 7 nitrogen and oxygen atoms in total. The first-order valence-electron chi connectivity index (χ1n) is 8.52. The Balaban J connectivity index is 1.60. The van der Waals surface area contributed by atoms with Crippen LogP contribution >= 0.6 is 0 Å². The molecule has 1 aromatic carbocycles. The van der Waals surface area contributed by atoms with Crippen LogP contribution in [0.2, 0.25) is 0 Å². The van der Waals surface area contributed by atoms with Crippen molar-refractivity contribution in [1.82, 2.24) is 14.8 Å². The van der Waals surface area contributed by atoms with Crippen LogP contribution in [0.5, 0.6) is 11.5 Å². The molecule has 2 aromatic rings. The van der Waals surface area contributed by atoms with Crippen molar-refractivity contribution in [3.8, 4) is 11.5 Å². The maximum absolute atomic E-state index is 12.5. The van der Waals surface area contributed by atoms with E-state index in [0.29, 0.717) is 24.6 Å². The standard InChI is InChI=1S/C19H23N3O4/c1-25-16-6-5-14(12-17(16)26-2)13-21-8-10-22(11-9-21)19(24)15-4-3-7-20-18(15)23/h3-7,12H,8-11,13H2,1-2H3,(H,20,23). The first-order valence-corrected chi connectivity index (χ1v) is 8.52. The van der Waals surface area contributed by atoms with Gasteiger partial charge in [0.15, 0.2) is 11.5 Å². The zero-order valence-corrected chi connectivity index (χ0v) is 15.0. The van der Waals surface area contributed by atoms with Crippen LogP contribution in [0.1, 0.15) is 15.9 Å². The van der Waals surface area contributed by atoms with Gasteiger partial charge in [0, 0.05) is 38.9 Å². The van der Waals surface area contributed by atoms with E-state index in [9.17, 15) is 9.59 Å². The van der Waals surface area contributed by atoms with Crippen molar-refractivity contribution in [2.75, 3.05) is 40.4 Å². The first-order chi connectivity index (χ1) is 12.6. The highest BCUT2D eigenvalue weighted by atomic mass is 16.5. The molecule has 0 spiro atoms. The molecule has 0 unspecified atom stereocenters. The molecule has 138 valence electrons. The Hall–Kier alpha value is -2.80. The van der Waals surface area contributed by atoms with Crippen molar-refractivity contribution in [2.24, 2.45) is 0 Å². The third-order valence-electron chi connectivity index (χ3n) is 4.56. The molecule has 1 saturated heterocycles. The second-order valence-corrected chi connectivity index (χ2v) is 6.17. The van der Waals surface area contributed by atoms with Crippen LogP contribution in [-0.2, 0) is 6.54 Å². The number of rotatable bonds is 5. The van der Waals surface area contributed by atoms with Crippen LogP contribution in [-0.4, -0.2) is 61.1 Å². The van der Waals surface area contributed by atoms with Gasteiger partial charge in [-0.25, -0.2) is 0 Å². The van der Waals surface area contributed by atoms with E-state index < -0.39 is 0 Å². The van der Waals surface area contributed by atoms with Crippen LogP contribution in [0.3, 0.4) is 0 Å². The number of piperazine rings is 1. The van der Waals surface area contributed by atoms with E-state index in [-0.39, 0.29) is 17.0 Å². The zero-order chi connectivity index (χ0) is 18.5. The molecule has 26 heavy (non-hydrogen) atoms. The van der Waals surface area contributed by atoms with Crippen LogP contribution in [0.4, 0.5) is 0 Å². The summed E-state index contributed by atoms with van der Waals surface area (Å²) in [6.45, 7) is 3.48. The Bertz CT molecular complexity index is 826. The number of aromatic nitrogens is 1. The zero-order valence-electron chi connectivity index (χ0n) is 15.0. The van der Waals surface area contributed by atoms with Crippen molar-refractivity contribution >= 4 is 5.91 Å². The summed E-state index contributed by atoms with van der Waals surface area (Å²) in [6.07, 6.45) is 1.53. The van der Waals surface area contributed by atoms with Crippen molar-refractivity contribution in [3.63, 3.8) is 0 Å². The summed E-state index contributed by atoms with van der Waals surface area (Å²) in [5.74, 6) is 1.21. The molecule has 3 rings (SSSR count). The van der Waals surface area contributed by atoms with Gasteiger partial charge < -0.3 is 19.4 Å². The summed E-state index contributed by atoms with van der Waals surface area (Å²) in [7, 11) is 3.24. The maximum atomic E-state index is 12.5. The summed E-state index contributed by atoms with van der Waals surface area (Å²) in [4.78, 5) is 30.8. The summed E-state index contributed by atoms with van der Waals surface area (Å²) in [6, 6.07) is 9.12. The molecule has 0 bridgehead atoms. The number of pyridine rings is 1. The van der Waals surface area contributed by atoms with Crippen LogP contribution in [0.25, 0.3) is 0 Å². The van der Waals surface area contributed by atoms with Gasteiger partial charge in [0.1, 0.15) is 5.56 Å². The normalized spacial score (nSPS) is 14.9. The van der Waals surface area contributed by atoms with Gasteiger partial charge in [0.05, 0.1) is 14.2 Å². The van der Waals surface area contributed by atoms with Gasteiger partial charge in [0.2, 0.25) is 0 Å². The Labute approximate surface area is 152 Å². The minimum absolute atomic E-state index is 0.195. The molecular formula is C19H23N3O4. The Morgan fingerprint density at radius 3 is 2.46 bits per heavy atom. The highest BCUT2D eigenvalue weighted by Crippen LogP contribution is 2.28. The molecule has 0 saturated carbocycles. The van der Waals surface area contributed by atoms with E-state index in [1.807, 2.05) is 18.2 Å². The summed E-state index contributed by atoms with van der Waals surface area (Å²) >= 11 is 0. The molecule has 1 fully saturated rings. The lowest BCUT2D eigenvalue weighted by Crippen LogP contribution is -2.49. The number of benzene rings is 1. The van der Waals surface area contributed by atoms with Crippen LogP contribution in [0.15, 0.2) is 41.3 Å². The molecule has 1 aromatic heterocycles. The second-order valence-electron chi connectivity index (χ2n) is 6.17. The third kappa shape index (κ3) is 3.88. The number of H-pyrrole nitrogens is 1. The van der Waals surface area contributed by atoms with Crippen molar-refractivity contribution in [2.45, 2.75) is 6.54 Å². The van der Waals surface area contributed by atoms with Gasteiger partial charge in [-0.2, -0.15) is 0 Å². The Morgan fingerprint density at radius 2 is 1.81 bits per heavy atom. The fraction of sp³-hybridized carbons (Fsp3) is 0.368. The van der Waals surface area contributed by atoms with Crippen molar-refractivity contribution in [3.05, 3.63) is 58.0 Å². The predicted octanol–water partition coefficient (Wildman–Crippen LogP) is 1.35. The van der Waals surface area contributed by atoms with Gasteiger partial charge in [-0.1, -0.05) is 6.07 Å². The number of methoxy groups -OCH3 is 2. The summed E-state index contributed by atoms with van der Waals surface area (Å²) in [5, 5.41) is 0. The van der Waals surface area contributed by atoms with E-state index >= 15 is 0 Å². The largest absolute Gasteiger partial charge is 0.493 e. The average molecular weight is 357 g/mol. The molecule has 0 radical (unpaired) electrons. The molecule has 1 N–H and O–H groups in total. The smallest absolute Gasteiger partial charge is 0.260 e. The quantitative estimate of drug-likeness (QED) is 0.874. The Kier molecular flexibility index (Phi) is 5.58. The highest BCUT2D eigenvalue weighted by molar-refractivity contribution is 5.93. The molecule has 1 amide bonds. The Morgan fingerprint density at radius 1 is 1.08 bits per heavy atom. The molecule has 0 aliphatic carbocycles. The minimum Gasteiger partial charge on any atom is -0.493 e. The van der Waals surface area contributed by atoms with E-state index in [4.69, 9.17) is 9.47 Å². The molecule has 1 aliphatic heterocycles. The van der Waals surface area contributed by atoms with Crippen LogP contribution in [0, 0.1) is 0 Å². The number of nitrogens with one attached hydrogen (secondary N) is 1. The van der Waals surface area contributed by atoms with Gasteiger partial charge >= 0.3 is 0 Å². The highest BCUT2D eigenvalue weighted by Gasteiger charge is 2.23. The molecule has 0 atom stereocenters. The molecular weight excluding hydrogens is 334 g/mol. The predicted molar refractivity (Wildman–Crippen MR) is 97.8 cm³/mol. The van der Waals surface area contributed by atoms with E-state index in [1.165, 1.54) is 6.20 Å². The number of amides is 1. The van der Waals surface area contributed by atoms with Crippen molar-refractivity contribution in [1.29, 1.82) is 0 Å². The van der Waals surface area contributed by atoms with Gasteiger partial charge in [-0.3, -0.25) is 14.5 Å². The monoisotopic (exact) mass is 357 g/mol. The van der Waals surface area contributed by atoms with Gasteiger partial charge in [-0.05, 0) is 29.8 Å². The number of hydrogen-bond acceptors (Lipinski definition) is 5. The minimum atomic E-state index is -0.342. The van der Waals surface area contributed by atoms with E-state index in [2.05, 4.69) is 9.88 Å². The second kappa shape index (κ2) is 8.05. The number of ether oxygens (including phenoxy) is 2. The average Bonchev–Trinajstić information content (AvgIpc) is 2.68. The number of carbonyl (C=O) groups excluding carboxylic acids is 1. The van der Waals surface area contributed by atoms with Crippen molar-refractivity contribution < 1.29 is 14.3 Å². The van der Waals surface area contributed by atoms with E-state index in [1.54, 1.807) is 31.3 Å². The summed E-state index contributed by atoms with van der Waals surface area (Å²) in [5.41, 5.74) is 0.980. The topological polar surface area (TPSA) is 74.9 Å². The number of carbonyl (C=O) groups is 1. The van der Waals surface area contributed by atoms with E-state index in [0.717, 1.165) is 25.2 Å². The first kappa shape index (κ1) is 18.0. The molecule has 7 heteroatoms. The SMILES string of the molecule is COc1ccc(CN2CCN(C(=O)c3ccc[nH]c3=O)CC2)cc1OC.